The largest absolute Gasteiger partial charge is 0.383 e. The van der Waals surface area contributed by atoms with E-state index in [0.29, 0.717) is 16.7 Å². The van der Waals surface area contributed by atoms with Crippen molar-refractivity contribution in [3.63, 3.8) is 0 Å². The van der Waals surface area contributed by atoms with Crippen molar-refractivity contribution in [3.05, 3.63) is 41.3 Å². The molecule has 6 heteroatoms. The molecule has 2 aromatic rings. The van der Waals surface area contributed by atoms with E-state index in [2.05, 4.69) is 9.97 Å². The van der Waals surface area contributed by atoms with Crippen LogP contribution in [0.5, 0.6) is 0 Å². The zero-order valence-electron chi connectivity index (χ0n) is 8.72. The van der Waals surface area contributed by atoms with Gasteiger partial charge in [0.1, 0.15) is 5.82 Å². The molecule has 2 rings (SSSR count). The number of carbonyl (C=O) groups is 1. The van der Waals surface area contributed by atoms with Crippen LogP contribution < -0.4 is 11.5 Å². The first-order chi connectivity index (χ1) is 8.09. The number of nitrogens with zero attached hydrogens (tertiary/aromatic N) is 2. The number of aromatic nitrogens is 2. The minimum atomic E-state index is -0.532. The molecule has 1 amide bonds. The third-order valence-electron chi connectivity index (χ3n) is 2.27. The predicted molar refractivity (Wildman–Crippen MR) is 65.4 cm³/mol. The standard InChI is InChI=1S/C11H9ClN4O/c12-11-15-5-8(9(13)16-11)6-3-1-2-4-7(6)10(14)17/h1-5H,(H2,14,17)(H2,13,15,16). The van der Waals surface area contributed by atoms with Gasteiger partial charge in [-0.15, -0.1) is 0 Å². The van der Waals surface area contributed by atoms with Crippen LogP contribution >= 0.6 is 11.6 Å². The monoisotopic (exact) mass is 248 g/mol. The lowest BCUT2D eigenvalue weighted by Crippen LogP contribution is -2.12. The summed E-state index contributed by atoms with van der Waals surface area (Å²) in [6.07, 6.45) is 1.46. The highest BCUT2D eigenvalue weighted by atomic mass is 35.5. The first-order valence-electron chi connectivity index (χ1n) is 4.77. The molecule has 0 aliphatic rings. The van der Waals surface area contributed by atoms with Crippen LogP contribution in [-0.4, -0.2) is 15.9 Å². The number of primary amides is 1. The van der Waals surface area contributed by atoms with Gasteiger partial charge in [-0.3, -0.25) is 4.79 Å². The van der Waals surface area contributed by atoms with Crippen LogP contribution in [0, 0.1) is 0 Å². The number of benzene rings is 1. The fraction of sp³-hybridized carbons (Fsp3) is 0. The molecular formula is C11H9ClN4O. The molecule has 1 heterocycles. The summed E-state index contributed by atoms with van der Waals surface area (Å²) < 4.78 is 0. The van der Waals surface area contributed by atoms with E-state index in [0.717, 1.165) is 0 Å². The molecule has 4 N–H and O–H groups in total. The second kappa shape index (κ2) is 4.39. The number of carbonyl (C=O) groups excluding carboxylic acids is 1. The maximum atomic E-state index is 11.3. The Morgan fingerprint density at radius 3 is 2.59 bits per heavy atom. The van der Waals surface area contributed by atoms with E-state index in [1.165, 1.54) is 6.20 Å². The summed E-state index contributed by atoms with van der Waals surface area (Å²) in [7, 11) is 0. The van der Waals surface area contributed by atoms with Crippen LogP contribution in [-0.2, 0) is 0 Å². The molecule has 5 nitrogen and oxygen atoms in total. The number of rotatable bonds is 2. The molecule has 0 aliphatic carbocycles. The van der Waals surface area contributed by atoms with Crippen molar-refractivity contribution in [3.8, 4) is 11.1 Å². The van der Waals surface area contributed by atoms with Gasteiger partial charge in [-0.2, -0.15) is 0 Å². The fourth-order valence-electron chi connectivity index (χ4n) is 1.51. The van der Waals surface area contributed by atoms with Crippen molar-refractivity contribution < 1.29 is 4.79 Å². The van der Waals surface area contributed by atoms with Crippen molar-refractivity contribution in [2.75, 3.05) is 5.73 Å². The SMILES string of the molecule is NC(=O)c1ccccc1-c1cnc(Cl)nc1N. The van der Waals surface area contributed by atoms with Crippen molar-refractivity contribution in [1.82, 2.24) is 9.97 Å². The van der Waals surface area contributed by atoms with Gasteiger partial charge in [0.2, 0.25) is 11.2 Å². The summed E-state index contributed by atoms with van der Waals surface area (Å²) in [5.41, 5.74) is 12.5. The molecule has 86 valence electrons. The Balaban J connectivity index is 2.64. The normalized spacial score (nSPS) is 10.2. The maximum absolute atomic E-state index is 11.3. The minimum Gasteiger partial charge on any atom is -0.383 e. The van der Waals surface area contributed by atoms with Gasteiger partial charge in [-0.05, 0) is 23.2 Å². The lowest BCUT2D eigenvalue weighted by atomic mass is 10.0. The summed E-state index contributed by atoms with van der Waals surface area (Å²) in [6, 6.07) is 6.83. The van der Waals surface area contributed by atoms with Gasteiger partial charge >= 0.3 is 0 Å². The Labute approximate surface area is 102 Å². The molecule has 0 saturated heterocycles. The highest BCUT2D eigenvalue weighted by Gasteiger charge is 2.12. The van der Waals surface area contributed by atoms with Gasteiger partial charge in [0.25, 0.3) is 0 Å². The molecule has 17 heavy (non-hydrogen) atoms. The zero-order valence-corrected chi connectivity index (χ0v) is 9.48. The molecule has 1 aromatic carbocycles. The fourth-order valence-corrected chi connectivity index (χ4v) is 1.65. The van der Waals surface area contributed by atoms with E-state index in [4.69, 9.17) is 23.1 Å². The Morgan fingerprint density at radius 2 is 1.94 bits per heavy atom. The minimum absolute atomic E-state index is 0.0582. The quantitative estimate of drug-likeness (QED) is 0.787. The summed E-state index contributed by atoms with van der Waals surface area (Å²) in [6.45, 7) is 0. The highest BCUT2D eigenvalue weighted by molar-refractivity contribution is 6.28. The van der Waals surface area contributed by atoms with Gasteiger partial charge in [-0.1, -0.05) is 18.2 Å². The summed E-state index contributed by atoms with van der Waals surface area (Å²) in [5.74, 6) is -0.325. The molecule has 0 spiro atoms. The van der Waals surface area contributed by atoms with Crippen LogP contribution in [0.25, 0.3) is 11.1 Å². The summed E-state index contributed by atoms with van der Waals surface area (Å²) in [5, 5.41) is 0.0582. The second-order valence-electron chi connectivity index (χ2n) is 3.35. The average Bonchev–Trinajstić information content (AvgIpc) is 2.29. The predicted octanol–water partition coefficient (Wildman–Crippen LogP) is 1.48. The van der Waals surface area contributed by atoms with E-state index in [-0.39, 0.29) is 11.1 Å². The molecule has 0 atom stereocenters. The number of amides is 1. The van der Waals surface area contributed by atoms with Gasteiger partial charge in [-0.25, -0.2) is 9.97 Å². The molecule has 0 unspecified atom stereocenters. The Kier molecular flexibility index (Phi) is 2.93. The first kappa shape index (κ1) is 11.3. The van der Waals surface area contributed by atoms with Crippen LogP contribution in [0.3, 0.4) is 0 Å². The van der Waals surface area contributed by atoms with Crippen LogP contribution in [0.1, 0.15) is 10.4 Å². The zero-order chi connectivity index (χ0) is 12.4. The molecule has 1 aromatic heterocycles. The van der Waals surface area contributed by atoms with E-state index in [1.807, 2.05) is 0 Å². The van der Waals surface area contributed by atoms with Crippen molar-refractivity contribution in [1.29, 1.82) is 0 Å². The van der Waals surface area contributed by atoms with Crippen molar-refractivity contribution in [2.24, 2.45) is 5.73 Å². The van der Waals surface area contributed by atoms with Crippen molar-refractivity contribution >= 4 is 23.3 Å². The van der Waals surface area contributed by atoms with E-state index < -0.39 is 5.91 Å². The third-order valence-corrected chi connectivity index (χ3v) is 2.45. The number of nitrogen functional groups attached to an aromatic ring is 1. The maximum Gasteiger partial charge on any atom is 0.249 e. The van der Waals surface area contributed by atoms with E-state index in [1.54, 1.807) is 24.3 Å². The first-order valence-corrected chi connectivity index (χ1v) is 5.14. The smallest absolute Gasteiger partial charge is 0.249 e. The average molecular weight is 249 g/mol. The molecular weight excluding hydrogens is 240 g/mol. The van der Waals surface area contributed by atoms with E-state index >= 15 is 0 Å². The topological polar surface area (TPSA) is 94.9 Å². The van der Waals surface area contributed by atoms with E-state index in [9.17, 15) is 4.79 Å². The number of hydrogen-bond donors (Lipinski definition) is 2. The summed E-state index contributed by atoms with van der Waals surface area (Å²) >= 11 is 5.61. The molecule has 0 bridgehead atoms. The molecule has 0 radical (unpaired) electrons. The van der Waals surface area contributed by atoms with Crippen LogP contribution in [0.2, 0.25) is 5.28 Å². The van der Waals surface area contributed by atoms with Gasteiger partial charge in [0.15, 0.2) is 0 Å². The highest BCUT2D eigenvalue weighted by Crippen LogP contribution is 2.27. The Hall–Kier alpha value is -2.14. The van der Waals surface area contributed by atoms with Crippen molar-refractivity contribution in [2.45, 2.75) is 0 Å². The summed E-state index contributed by atoms with van der Waals surface area (Å²) in [4.78, 5) is 19.0. The van der Waals surface area contributed by atoms with Gasteiger partial charge < -0.3 is 11.5 Å². The number of anilines is 1. The number of hydrogen-bond acceptors (Lipinski definition) is 4. The van der Waals surface area contributed by atoms with Crippen LogP contribution in [0.15, 0.2) is 30.5 Å². The van der Waals surface area contributed by atoms with Crippen LogP contribution in [0.4, 0.5) is 5.82 Å². The Morgan fingerprint density at radius 1 is 1.24 bits per heavy atom. The lowest BCUT2D eigenvalue weighted by Gasteiger charge is -2.08. The molecule has 0 aliphatic heterocycles. The van der Waals surface area contributed by atoms with Gasteiger partial charge in [0.05, 0.1) is 0 Å². The Bertz CT molecular complexity index is 585. The lowest BCUT2D eigenvalue weighted by molar-refractivity contribution is 0.100. The second-order valence-corrected chi connectivity index (χ2v) is 3.69. The molecule has 0 fully saturated rings. The molecule has 0 saturated carbocycles. The van der Waals surface area contributed by atoms with Gasteiger partial charge in [0, 0.05) is 17.3 Å². The third kappa shape index (κ3) is 2.19. The number of halogens is 1. The number of nitrogens with two attached hydrogens (primary N) is 2.